The van der Waals surface area contributed by atoms with Crippen molar-refractivity contribution in [1.82, 2.24) is 0 Å². The molecule has 0 rings (SSSR count). The molecule has 3 unspecified atom stereocenters. The van der Waals surface area contributed by atoms with E-state index in [9.17, 15) is 19.4 Å². The molecule has 8 nitrogen and oxygen atoms in total. The highest BCUT2D eigenvalue weighted by atomic mass is 31.2. The highest BCUT2D eigenvalue weighted by Gasteiger charge is 2.23. The Hall–Kier alpha value is -0.760. The molecule has 0 amide bonds. The smallest absolute Gasteiger partial charge is 0.460 e. The summed E-state index contributed by atoms with van der Waals surface area (Å²) in [4.78, 5) is 20.2. The first-order valence-corrected chi connectivity index (χ1v) is 10.0. The summed E-state index contributed by atoms with van der Waals surface area (Å²) in [6.07, 6.45) is 4.29. The minimum Gasteiger partial charge on any atom is -0.460 e. The van der Waals surface area contributed by atoms with Gasteiger partial charge in [-0.25, -0.2) is 9.36 Å². The lowest BCUT2D eigenvalue weighted by Crippen LogP contribution is -2.23. The van der Waals surface area contributed by atoms with Crippen LogP contribution in [0.2, 0.25) is 0 Å². The van der Waals surface area contributed by atoms with Gasteiger partial charge in [0.15, 0.2) is 0 Å². The predicted molar refractivity (Wildman–Crippen MR) is 93.0 cm³/mol. The number of unbranched alkanes of at least 4 members (excludes halogenated alkanes) is 1. The van der Waals surface area contributed by atoms with Crippen LogP contribution in [0.15, 0.2) is 12.7 Å². The first-order chi connectivity index (χ1) is 11.8. The van der Waals surface area contributed by atoms with Crippen molar-refractivity contribution >= 4 is 13.8 Å². The molecule has 0 heterocycles. The van der Waals surface area contributed by atoms with Gasteiger partial charge in [0.25, 0.3) is 0 Å². The molecular formula is C16H31O8P. The second kappa shape index (κ2) is 14.4. The van der Waals surface area contributed by atoms with Gasteiger partial charge >= 0.3 is 13.8 Å². The summed E-state index contributed by atoms with van der Waals surface area (Å²) in [5.74, 6) is -0.215. The predicted octanol–water partition coefficient (Wildman–Crippen LogP) is 2.44. The maximum Gasteiger partial charge on any atom is 0.472 e. The van der Waals surface area contributed by atoms with Crippen LogP contribution in [0.4, 0.5) is 0 Å². The van der Waals surface area contributed by atoms with Crippen LogP contribution in [0.5, 0.6) is 0 Å². The van der Waals surface area contributed by atoms with E-state index in [1.807, 2.05) is 0 Å². The molecule has 0 aliphatic heterocycles. The number of esters is 1. The van der Waals surface area contributed by atoms with E-state index in [2.05, 4.69) is 34.2 Å². The van der Waals surface area contributed by atoms with Crippen LogP contribution in [-0.4, -0.2) is 55.1 Å². The lowest BCUT2D eigenvalue weighted by Gasteiger charge is -2.18. The van der Waals surface area contributed by atoms with Crippen molar-refractivity contribution in [2.45, 2.75) is 45.6 Å². The van der Waals surface area contributed by atoms with Gasteiger partial charge in [-0.15, -0.1) is 0 Å². The third-order valence-electron chi connectivity index (χ3n) is 3.39. The molecule has 0 bridgehead atoms. The molecule has 0 aliphatic rings. The first kappa shape index (κ1) is 24.2. The fourth-order valence-electron chi connectivity index (χ4n) is 1.89. The quantitative estimate of drug-likeness (QED) is 0.181. The molecular weight excluding hydrogens is 351 g/mol. The Labute approximate surface area is 149 Å². The monoisotopic (exact) mass is 382 g/mol. The minimum atomic E-state index is -4.32. The van der Waals surface area contributed by atoms with Gasteiger partial charge in [-0.1, -0.05) is 39.7 Å². The Kier molecular flexibility index (Phi) is 14.0. The van der Waals surface area contributed by atoms with Gasteiger partial charge in [0.05, 0.1) is 19.8 Å². The Morgan fingerprint density at radius 2 is 1.92 bits per heavy atom. The molecule has 2 N–H and O–H groups in total. The highest BCUT2D eigenvalue weighted by molar-refractivity contribution is 7.47. The Morgan fingerprint density at radius 1 is 1.20 bits per heavy atom. The van der Waals surface area contributed by atoms with Crippen LogP contribution < -0.4 is 0 Å². The van der Waals surface area contributed by atoms with Gasteiger partial charge in [0.2, 0.25) is 0 Å². The number of hydrogen-bond acceptors (Lipinski definition) is 7. The maximum absolute atomic E-state index is 11.6. The lowest BCUT2D eigenvalue weighted by molar-refractivity contribution is -0.138. The van der Waals surface area contributed by atoms with Crippen molar-refractivity contribution in [2.75, 3.05) is 33.0 Å². The third kappa shape index (κ3) is 14.1. The van der Waals surface area contributed by atoms with E-state index in [-0.39, 0.29) is 19.8 Å². The summed E-state index contributed by atoms with van der Waals surface area (Å²) in [6, 6.07) is 0. The van der Waals surface area contributed by atoms with Gasteiger partial charge in [-0.2, -0.15) is 0 Å². The summed E-state index contributed by atoms with van der Waals surface area (Å²) in [6.45, 7) is 7.07. The number of carbonyl (C=O) groups is 1. The fraction of sp³-hybridized carbons (Fsp3) is 0.812. The molecule has 0 aromatic rings. The summed E-state index contributed by atoms with van der Waals surface area (Å²) in [7, 11) is -4.32. The average Bonchev–Trinajstić information content (AvgIpc) is 2.59. The zero-order valence-corrected chi connectivity index (χ0v) is 16.0. The van der Waals surface area contributed by atoms with Crippen LogP contribution in [0.1, 0.15) is 39.5 Å². The maximum atomic E-state index is 11.6. The first-order valence-electron chi connectivity index (χ1n) is 8.51. The van der Waals surface area contributed by atoms with E-state index >= 15 is 0 Å². The number of aliphatic hydroxyl groups excluding tert-OH is 1. The van der Waals surface area contributed by atoms with Crippen LogP contribution >= 0.6 is 7.82 Å². The summed E-state index contributed by atoms with van der Waals surface area (Å²) >= 11 is 0. The molecule has 148 valence electrons. The highest BCUT2D eigenvalue weighted by Crippen LogP contribution is 2.42. The minimum absolute atomic E-state index is 0.0135. The summed E-state index contributed by atoms with van der Waals surface area (Å²) in [5, 5.41) is 9.73. The topological polar surface area (TPSA) is 112 Å². The lowest BCUT2D eigenvalue weighted by atomic mass is 10.0. The molecule has 0 saturated carbocycles. The molecule has 9 heteroatoms. The van der Waals surface area contributed by atoms with E-state index in [1.165, 1.54) is 0 Å². The van der Waals surface area contributed by atoms with Crippen molar-refractivity contribution in [3.63, 3.8) is 0 Å². The summed E-state index contributed by atoms with van der Waals surface area (Å²) < 4.78 is 30.9. The molecule has 0 saturated heterocycles. The average molecular weight is 382 g/mol. The number of phosphoric ester groups is 1. The molecule has 0 aromatic carbocycles. The van der Waals surface area contributed by atoms with Gasteiger partial charge in [0, 0.05) is 12.7 Å². The van der Waals surface area contributed by atoms with Gasteiger partial charge in [-0.3, -0.25) is 9.05 Å². The SMILES string of the molecule is C=CC(=O)OCCOP(=O)(O)OCC(O)COCC(CC)CCCC. The molecule has 0 aromatic heterocycles. The van der Waals surface area contributed by atoms with Crippen LogP contribution in [0, 0.1) is 5.92 Å². The largest absolute Gasteiger partial charge is 0.472 e. The van der Waals surface area contributed by atoms with E-state index < -0.39 is 26.5 Å². The zero-order chi connectivity index (χ0) is 19.1. The number of aliphatic hydroxyl groups is 1. The number of ether oxygens (including phenoxy) is 2. The number of rotatable bonds is 16. The molecule has 25 heavy (non-hydrogen) atoms. The van der Waals surface area contributed by atoms with Crippen LogP contribution in [0.25, 0.3) is 0 Å². The van der Waals surface area contributed by atoms with E-state index in [0.717, 1.165) is 31.8 Å². The van der Waals surface area contributed by atoms with Crippen molar-refractivity contribution in [2.24, 2.45) is 5.92 Å². The second-order valence-corrected chi connectivity index (χ2v) is 7.03. The normalized spacial score (nSPS) is 16.0. The fourth-order valence-corrected chi connectivity index (χ4v) is 2.63. The van der Waals surface area contributed by atoms with Crippen molar-refractivity contribution in [3.05, 3.63) is 12.7 Å². The Balaban J connectivity index is 3.86. The van der Waals surface area contributed by atoms with E-state index in [0.29, 0.717) is 12.5 Å². The number of phosphoric acid groups is 1. The van der Waals surface area contributed by atoms with Crippen molar-refractivity contribution < 1.29 is 37.9 Å². The molecule has 0 fully saturated rings. The molecule has 0 aliphatic carbocycles. The van der Waals surface area contributed by atoms with Crippen molar-refractivity contribution in [3.8, 4) is 0 Å². The van der Waals surface area contributed by atoms with E-state index in [4.69, 9.17) is 4.74 Å². The second-order valence-electron chi connectivity index (χ2n) is 5.58. The third-order valence-corrected chi connectivity index (χ3v) is 4.37. The van der Waals surface area contributed by atoms with Gasteiger partial charge < -0.3 is 19.5 Å². The van der Waals surface area contributed by atoms with E-state index in [1.54, 1.807) is 0 Å². The summed E-state index contributed by atoms with van der Waals surface area (Å²) in [5.41, 5.74) is 0. The molecule has 3 atom stereocenters. The molecule has 0 spiro atoms. The number of hydrogen-bond donors (Lipinski definition) is 2. The zero-order valence-electron chi connectivity index (χ0n) is 15.1. The van der Waals surface area contributed by atoms with Gasteiger partial charge in [0.1, 0.15) is 12.7 Å². The molecule has 0 radical (unpaired) electrons. The van der Waals surface area contributed by atoms with Crippen LogP contribution in [-0.2, 0) is 27.9 Å². The Bertz CT molecular complexity index is 415. The van der Waals surface area contributed by atoms with Gasteiger partial charge in [-0.05, 0) is 12.3 Å². The standard InChI is InChI=1S/C16H31O8P/c1-4-7-8-14(5-2)11-21-12-15(17)13-24-25(19,20)23-10-9-22-16(18)6-3/h6,14-15,17H,3-5,7-13H2,1-2H3,(H,19,20). The number of carbonyl (C=O) groups excluding carboxylic acids is 1. The van der Waals surface area contributed by atoms with Crippen LogP contribution in [0.3, 0.4) is 0 Å². The Morgan fingerprint density at radius 3 is 2.52 bits per heavy atom. The van der Waals surface area contributed by atoms with Crippen molar-refractivity contribution in [1.29, 1.82) is 0 Å².